The Labute approximate surface area is 171 Å². The van der Waals surface area contributed by atoms with Crippen LogP contribution in [0, 0.1) is 12.7 Å². The highest BCUT2D eigenvalue weighted by Gasteiger charge is 2.22. The second-order valence-electron chi connectivity index (χ2n) is 6.65. The lowest BCUT2D eigenvalue weighted by atomic mass is 10.1. The SMILES string of the molecule is CCN(CC)S(=O)(=O)c1ccc(OCC(=O)N[C@@H](C)c2ccc(F)cc2)c(C)c1. The van der Waals surface area contributed by atoms with E-state index < -0.39 is 10.0 Å². The molecule has 0 radical (unpaired) electrons. The molecular formula is C21H27FN2O4S. The van der Waals surface area contributed by atoms with Gasteiger partial charge in [-0.15, -0.1) is 0 Å². The standard InChI is InChI=1S/C21H27FN2O4S/c1-5-24(6-2)29(26,27)19-11-12-20(15(3)13-19)28-14-21(25)23-16(4)17-7-9-18(22)10-8-17/h7-13,16H,5-6,14H2,1-4H3,(H,23,25)/t16-/m0/s1. The number of halogens is 1. The van der Waals surface area contributed by atoms with E-state index >= 15 is 0 Å². The lowest BCUT2D eigenvalue weighted by Crippen LogP contribution is -2.31. The van der Waals surface area contributed by atoms with Crippen molar-refractivity contribution in [3.05, 3.63) is 59.4 Å². The van der Waals surface area contributed by atoms with Crippen LogP contribution in [0.15, 0.2) is 47.4 Å². The van der Waals surface area contributed by atoms with Crippen LogP contribution >= 0.6 is 0 Å². The molecule has 0 bridgehead atoms. The van der Waals surface area contributed by atoms with Crippen LogP contribution in [0.1, 0.15) is 37.9 Å². The molecule has 0 aliphatic carbocycles. The third-order valence-corrected chi connectivity index (χ3v) is 6.64. The fourth-order valence-corrected chi connectivity index (χ4v) is 4.46. The Kier molecular flexibility index (Phi) is 7.75. The lowest BCUT2D eigenvalue weighted by Gasteiger charge is -2.19. The van der Waals surface area contributed by atoms with Gasteiger partial charge in [-0.3, -0.25) is 4.79 Å². The van der Waals surface area contributed by atoms with Crippen LogP contribution in [0.5, 0.6) is 5.75 Å². The maximum Gasteiger partial charge on any atom is 0.258 e. The second-order valence-corrected chi connectivity index (χ2v) is 8.58. The number of rotatable bonds is 9. The van der Waals surface area contributed by atoms with Crippen LogP contribution in [0.3, 0.4) is 0 Å². The first-order valence-electron chi connectivity index (χ1n) is 9.47. The summed E-state index contributed by atoms with van der Waals surface area (Å²) in [4.78, 5) is 12.4. The average molecular weight is 423 g/mol. The van der Waals surface area contributed by atoms with E-state index in [0.717, 1.165) is 5.56 Å². The first-order valence-corrected chi connectivity index (χ1v) is 10.9. The molecule has 29 heavy (non-hydrogen) atoms. The Morgan fingerprint density at radius 3 is 2.31 bits per heavy atom. The van der Waals surface area contributed by atoms with Gasteiger partial charge in [0.1, 0.15) is 11.6 Å². The van der Waals surface area contributed by atoms with Crippen LogP contribution in [0.2, 0.25) is 0 Å². The summed E-state index contributed by atoms with van der Waals surface area (Å²) in [6.07, 6.45) is 0. The number of carbonyl (C=O) groups excluding carboxylic acids is 1. The van der Waals surface area contributed by atoms with Crippen molar-refractivity contribution in [1.29, 1.82) is 0 Å². The van der Waals surface area contributed by atoms with Crippen molar-refractivity contribution in [2.75, 3.05) is 19.7 Å². The van der Waals surface area contributed by atoms with E-state index in [1.165, 1.54) is 22.5 Å². The molecular weight excluding hydrogens is 395 g/mol. The van der Waals surface area contributed by atoms with E-state index in [1.807, 2.05) is 0 Å². The van der Waals surface area contributed by atoms with Crippen LogP contribution in [0.4, 0.5) is 4.39 Å². The molecule has 1 N–H and O–H groups in total. The number of ether oxygens (including phenoxy) is 1. The van der Waals surface area contributed by atoms with Gasteiger partial charge < -0.3 is 10.1 Å². The Hall–Kier alpha value is -2.45. The largest absolute Gasteiger partial charge is 0.484 e. The zero-order chi connectivity index (χ0) is 21.6. The van der Waals surface area contributed by atoms with E-state index in [-0.39, 0.29) is 29.3 Å². The van der Waals surface area contributed by atoms with Crippen LogP contribution in [-0.4, -0.2) is 38.3 Å². The number of carbonyl (C=O) groups is 1. The summed E-state index contributed by atoms with van der Waals surface area (Å²) in [5.74, 6) is -0.230. The van der Waals surface area contributed by atoms with Gasteiger partial charge in [0.2, 0.25) is 10.0 Å². The molecule has 0 unspecified atom stereocenters. The van der Waals surface area contributed by atoms with Gasteiger partial charge in [-0.1, -0.05) is 26.0 Å². The van der Waals surface area contributed by atoms with Crippen LogP contribution < -0.4 is 10.1 Å². The Morgan fingerprint density at radius 2 is 1.76 bits per heavy atom. The molecule has 0 saturated heterocycles. The molecule has 1 amide bonds. The molecule has 1 atom stereocenters. The fraction of sp³-hybridized carbons (Fsp3) is 0.381. The highest BCUT2D eigenvalue weighted by molar-refractivity contribution is 7.89. The monoisotopic (exact) mass is 422 g/mol. The molecule has 158 valence electrons. The van der Waals surface area contributed by atoms with Gasteiger partial charge in [-0.05, 0) is 55.3 Å². The molecule has 0 aliphatic rings. The van der Waals surface area contributed by atoms with Crippen LogP contribution in [-0.2, 0) is 14.8 Å². The summed E-state index contributed by atoms with van der Waals surface area (Å²) in [5.41, 5.74) is 1.40. The molecule has 6 nitrogen and oxygen atoms in total. The minimum Gasteiger partial charge on any atom is -0.484 e. The van der Waals surface area contributed by atoms with Gasteiger partial charge >= 0.3 is 0 Å². The zero-order valence-electron chi connectivity index (χ0n) is 17.1. The molecule has 2 aromatic carbocycles. The molecule has 0 spiro atoms. The van der Waals surface area contributed by atoms with E-state index in [1.54, 1.807) is 52.0 Å². The van der Waals surface area contributed by atoms with Crippen molar-refractivity contribution in [2.24, 2.45) is 0 Å². The van der Waals surface area contributed by atoms with Crippen molar-refractivity contribution in [3.63, 3.8) is 0 Å². The number of benzene rings is 2. The Bertz CT molecular complexity index is 942. The van der Waals surface area contributed by atoms with Crippen molar-refractivity contribution in [3.8, 4) is 5.75 Å². The summed E-state index contributed by atoms with van der Waals surface area (Å²) in [7, 11) is -3.55. The van der Waals surface area contributed by atoms with Gasteiger partial charge in [0, 0.05) is 13.1 Å². The highest BCUT2D eigenvalue weighted by atomic mass is 32.2. The third-order valence-electron chi connectivity index (χ3n) is 4.60. The molecule has 0 fully saturated rings. The van der Waals surface area contributed by atoms with Gasteiger partial charge in [0.05, 0.1) is 10.9 Å². The molecule has 0 heterocycles. The first-order chi connectivity index (χ1) is 13.7. The summed E-state index contributed by atoms with van der Waals surface area (Å²) in [6.45, 7) is 7.67. The van der Waals surface area contributed by atoms with Gasteiger partial charge in [-0.2, -0.15) is 4.31 Å². The number of nitrogens with zero attached hydrogens (tertiary/aromatic N) is 1. The van der Waals surface area contributed by atoms with Gasteiger partial charge in [0.25, 0.3) is 5.91 Å². The van der Waals surface area contributed by atoms with E-state index in [9.17, 15) is 17.6 Å². The predicted molar refractivity (Wildman–Crippen MR) is 110 cm³/mol. The van der Waals surface area contributed by atoms with Crippen molar-refractivity contribution in [1.82, 2.24) is 9.62 Å². The number of nitrogens with one attached hydrogen (secondary N) is 1. The summed E-state index contributed by atoms with van der Waals surface area (Å²) in [6, 6.07) is 10.2. The quantitative estimate of drug-likeness (QED) is 0.672. The van der Waals surface area contributed by atoms with E-state index in [2.05, 4.69) is 5.32 Å². The molecule has 0 aromatic heterocycles. The minimum absolute atomic E-state index is 0.195. The molecule has 0 aliphatic heterocycles. The van der Waals surface area contributed by atoms with Crippen molar-refractivity contribution in [2.45, 2.75) is 38.6 Å². The van der Waals surface area contributed by atoms with Crippen molar-refractivity contribution >= 4 is 15.9 Å². The number of hydrogen-bond donors (Lipinski definition) is 1. The summed E-state index contributed by atoms with van der Waals surface area (Å²) in [5, 5.41) is 2.78. The Morgan fingerprint density at radius 1 is 1.14 bits per heavy atom. The summed E-state index contributed by atoms with van der Waals surface area (Å²) < 4.78 is 45.1. The topological polar surface area (TPSA) is 75.7 Å². The third kappa shape index (κ3) is 5.77. The maximum absolute atomic E-state index is 13.0. The van der Waals surface area contributed by atoms with Crippen LogP contribution in [0.25, 0.3) is 0 Å². The normalized spacial score (nSPS) is 12.6. The molecule has 8 heteroatoms. The number of hydrogen-bond acceptors (Lipinski definition) is 4. The molecule has 2 aromatic rings. The van der Waals surface area contributed by atoms with Gasteiger partial charge in [-0.25, -0.2) is 12.8 Å². The predicted octanol–water partition coefficient (Wildman–Crippen LogP) is 3.42. The minimum atomic E-state index is -3.55. The maximum atomic E-state index is 13.0. The Balaban J connectivity index is 2.00. The van der Waals surface area contributed by atoms with E-state index in [0.29, 0.717) is 24.4 Å². The van der Waals surface area contributed by atoms with E-state index in [4.69, 9.17) is 4.74 Å². The van der Waals surface area contributed by atoms with Crippen molar-refractivity contribution < 1.29 is 22.3 Å². The van der Waals surface area contributed by atoms with Gasteiger partial charge in [0.15, 0.2) is 6.61 Å². The second kappa shape index (κ2) is 9.84. The molecule has 0 saturated carbocycles. The lowest BCUT2D eigenvalue weighted by molar-refractivity contribution is -0.123. The number of aryl methyl sites for hydroxylation is 1. The smallest absolute Gasteiger partial charge is 0.258 e. The number of amides is 1. The average Bonchev–Trinajstić information content (AvgIpc) is 2.68. The first kappa shape index (κ1) is 22.8. The summed E-state index contributed by atoms with van der Waals surface area (Å²) >= 11 is 0. The highest BCUT2D eigenvalue weighted by Crippen LogP contribution is 2.24. The molecule has 2 rings (SSSR count). The zero-order valence-corrected chi connectivity index (χ0v) is 17.9. The fourth-order valence-electron chi connectivity index (χ4n) is 2.92. The number of sulfonamides is 1.